The highest BCUT2D eigenvalue weighted by molar-refractivity contribution is 7.97. The number of anilines is 1. The summed E-state index contributed by atoms with van der Waals surface area (Å²) in [6.45, 7) is 1.06. The molecule has 1 atom stereocenters. The van der Waals surface area contributed by atoms with E-state index in [2.05, 4.69) is 32.0 Å². The van der Waals surface area contributed by atoms with Crippen LogP contribution in [0, 0.1) is 0 Å². The second kappa shape index (κ2) is 8.10. The van der Waals surface area contributed by atoms with Crippen LogP contribution in [0.25, 0.3) is 11.2 Å². The number of aromatic amines is 2. The van der Waals surface area contributed by atoms with Crippen molar-refractivity contribution in [3.8, 4) is 0 Å². The van der Waals surface area contributed by atoms with Crippen molar-refractivity contribution in [2.75, 3.05) is 18.1 Å². The fourth-order valence-electron chi connectivity index (χ4n) is 3.49. The van der Waals surface area contributed by atoms with Gasteiger partial charge in [-0.25, -0.2) is 4.98 Å². The molecule has 140 valence electrons. The van der Waals surface area contributed by atoms with Crippen molar-refractivity contribution in [2.45, 2.75) is 30.4 Å². The summed E-state index contributed by atoms with van der Waals surface area (Å²) >= 11 is 1.68. The van der Waals surface area contributed by atoms with Crippen molar-refractivity contribution in [3.05, 3.63) is 64.1 Å². The lowest BCUT2D eigenvalue weighted by atomic mass is 10.2. The minimum Gasteiger partial charge on any atom is -0.393 e. The number of thioether (sulfide) groups is 1. The van der Waals surface area contributed by atoms with E-state index in [1.807, 2.05) is 30.3 Å². The first-order chi connectivity index (χ1) is 13.2. The van der Waals surface area contributed by atoms with Crippen LogP contribution in [0.2, 0.25) is 0 Å². The second-order valence-corrected chi connectivity index (χ2v) is 7.75. The van der Waals surface area contributed by atoms with Gasteiger partial charge in [0.25, 0.3) is 11.2 Å². The van der Waals surface area contributed by atoms with Crippen molar-refractivity contribution >= 4 is 28.7 Å². The number of aliphatic hydroxyl groups is 1. The molecule has 0 bridgehead atoms. The van der Waals surface area contributed by atoms with Gasteiger partial charge >= 0.3 is 0 Å². The van der Waals surface area contributed by atoms with Crippen LogP contribution in [0.15, 0.2) is 47.3 Å². The van der Waals surface area contributed by atoms with Crippen molar-refractivity contribution in [1.82, 2.24) is 9.97 Å². The maximum absolute atomic E-state index is 12.3. The molecule has 0 spiro atoms. The number of pyridine rings is 1. The molecular formula is C20H23N4O2S+. The number of rotatable bonds is 6. The third-order valence-corrected chi connectivity index (χ3v) is 5.93. The van der Waals surface area contributed by atoms with Gasteiger partial charge in [-0.3, -0.25) is 9.69 Å². The Bertz CT molecular complexity index is 977. The van der Waals surface area contributed by atoms with Crippen molar-refractivity contribution in [3.63, 3.8) is 0 Å². The summed E-state index contributed by atoms with van der Waals surface area (Å²) in [6.07, 6.45) is 2.06. The molecule has 0 radical (unpaired) electrons. The molecular weight excluding hydrogens is 360 g/mol. The number of nitrogens with one attached hydrogen (secondary N) is 2. The third kappa shape index (κ3) is 3.99. The first-order valence-electron chi connectivity index (χ1n) is 9.19. The van der Waals surface area contributed by atoms with Gasteiger partial charge in [-0.15, -0.1) is 11.8 Å². The fraction of sp³-hybridized carbons (Fsp3) is 0.350. The van der Waals surface area contributed by atoms with Crippen LogP contribution in [0.4, 0.5) is 5.82 Å². The van der Waals surface area contributed by atoms with Gasteiger partial charge in [0.15, 0.2) is 5.69 Å². The van der Waals surface area contributed by atoms with Gasteiger partial charge in [-0.1, -0.05) is 35.3 Å². The second-order valence-electron chi connectivity index (χ2n) is 6.77. The van der Waals surface area contributed by atoms with Gasteiger partial charge in [-0.2, -0.15) is 0 Å². The molecule has 3 aromatic rings. The maximum atomic E-state index is 12.3. The van der Waals surface area contributed by atoms with Crippen LogP contribution >= 0.6 is 11.8 Å². The summed E-state index contributed by atoms with van der Waals surface area (Å²) in [6, 6.07) is 14.2. The molecule has 27 heavy (non-hydrogen) atoms. The molecule has 0 amide bonds. The molecule has 1 fully saturated rings. The number of H-pyrrole nitrogens is 2. The van der Waals surface area contributed by atoms with Gasteiger partial charge in [0.05, 0.1) is 24.9 Å². The van der Waals surface area contributed by atoms with E-state index in [4.69, 9.17) is 0 Å². The zero-order chi connectivity index (χ0) is 18.6. The Hall–Kier alpha value is -2.38. The standard InChI is InChI=1S/C20H22N4O2S/c25-11-15-7-4-10-24(15)18-9-8-16-19(23-18)21-17(20(26)22-16)13-27-12-14-5-2-1-3-6-14/h1-3,5-6,8-9,15,25H,4,7,10-13H2,(H,22,26)/p+1. The molecule has 4 rings (SSSR count). The molecule has 1 aliphatic heterocycles. The van der Waals surface area contributed by atoms with Crippen molar-refractivity contribution in [1.29, 1.82) is 0 Å². The SMILES string of the molecule is O=c1[nH]c2ccc(N3CCCC3CO)[nH+]c2nc1CSCc1ccccc1. The molecule has 3 heterocycles. The normalized spacial score (nSPS) is 16.9. The molecule has 1 unspecified atom stereocenters. The Morgan fingerprint density at radius 2 is 2.07 bits per heavy atom. The lowest BCUT2D eigenvalue weighted by Crippen LogP contribution is -2.36. The smallest absolute Gasteiger partial charge is 0.288 e. The van der Waals surface area contributed by atoms with E-state index in [1.54, 1.807) is 11.8 Å². The van der Waals surface area contributed by atoms with E-state index < -0.39 is 0 Å². The van der Waals surface area contributed by atoms with E-state index in [9.17, 15) is 9.90 Å². The Labute approximate surface area is 161 Å². The first-order valence-corrected chi connectivity index (χ1v) is 10.3. The van der Waals surface area contributed by atoms with Crippen molar-refractivity contribution < 1.29 is 10.1 Å². The average Bonchev–Trinajstić information content (AvgIpc) is 3.18. The summed E-state index contributed by atoms with van der Waals surface area (Å²) in [5, 5.41) is 9.56. The number of hydrogen-bond acceptors (Lipinski definition) is 5. The van der Waals surface area contributed by atoms with E-state index in [1.165, 1.54) is 5.56 Å². The topological polar surface area (TPSA) is 83.4 Å². The number of aliphatic hydroxyl groups excluding tert-OH is 1. The molecule has 0 aliphatic carbocycles. The largest absolute Gasteiger partial charge is 0.393 e. The highest BCUT2D eigenvalue weighted by Gasteiger charge is 2.29. The molecule has 1 aromatic carbocycles. The molecule has 6 nitrogen and oxygen atoms in total. The van der Waals surface area contributed by atoms with Gasteiger partial charge < -0.3 is 10.1 Å². The number of fused-ring (bicyclic) bond motifs is 1. The lowest BCUT2D eigenvalue weighted by molar-refractivity contribution is -0.334. The van der Waals surface area contributed by atoms with Crippen LogP contribution in [-0.2, 0) is 11.5 Å². The van der Waals surface area contributed by atoms with Crippen LogP contribution < -0.4 is 15.4 Å². The zero-order valence-corrected chi connectivity index (χ0v) is 15.8. The van der Waals surface area contributed by atoms with E-state index in [0.29, 0.717) is 22.6 Å². The Balaban J connectivity index is 1.54. The van der Waals surface area contributed by atoms with E-state index in [0.717, 1.165) is 31.0 Å². The molecule has 1 saturated heterocycles. The average molecular weight is 383 g/mol. The Morgan fingerprint density at radius 1 is 1.22 bits per heavy atom. The molecule has 1 aliphatic rings. The number of hydrogen-bond donors (Lipinski definition) is 2. The van der Waals surface area contributed by atoms with Gasteiger partial charge in [0, 0.05) is 11.8 Å². The predicted octanol–water partition coefficient (Wildman–Crippen LogP) is 2.13. The number of aromatic nitrogens is 3. The summed E-state index contributed by atoms with van der Waals surface area (Å²) < 4.78 is 0. The molecule has 7 heteroatoms. The first kappa shape index (κ1) is 18.0. The summed E-state index contributed by atoms with van der Waals surface area (Å²) in [4.78, 5) is 25.3. The third-order valence-electron chi connectivity index (χ3n) is 4.91. The van der Waals surface area contributed by atoms with Gasteiger partial charge in [-0.05, 0) is 24.5 Å². The Kier molecular flexibility index (Phi) is 5.40. The van der Waals surface area contributed by atoms with Crippen molar-refractivity contribution in [2.24, 2.45) is 0 Å². The maximum Gasteiger partial charge on any atom is 0.288 e. The predicted molar refractivity (Wildman–Crippen MR) is 108 cm³/mol. The zero-order valence-electron chi connectivity index (χ0n) is 15.0. The van der Waals surface area contributed by atoms with Crippen LogP contribution in [-0.4, -0.2) is 34.3 Å². The highest BCUT2D eigenvalue weighted by Crippen LogP contribution is 2.22. The van der Waals surface area contributed by atoms with Crippen LogP contribution in [0.3, 0.4) is 0 Å². The highest BCUT2D eigenvalue weighted by atomic mass is 32.2. The van der Waals surface area contributed by atoms with Crippen LogP contribution in [0.1, 0.15) is 24.1 Å². The van der Waals surface area contributed by atoms with E-state index >= 15 is 0 Å². The van der Waals surface area contributed by atoms with Gasteiger partial charge in [0.1, 0.15) is 5.52 Å². The fourth-order valence-corrected chi connectivity index (χ4v) is 4.41. The number of benzene rings is 1. The van der Waals surface area contributed by atoms with E-state index in [-0.39, 0.29) is 18.2 Å². The Morgan fingerprint density at radius 3 is 2.89 bits per heavy atom. The van der Waals surface area contributed by atoms with Gasteiger partial charge in [0.2, 0.25) is 5.82 Å². The summed E-state index contributed by atoms with van der Waals surface area (Å²) in [7, 11) is 0. The minimum atomic E-state index is -0.140. The van der Waals surface area contributed by atoms with Crippen LogP contribution in [0.5, 0.6) is 0 Å². The summed E-state index contributed by atoms with van der Waals surface area (Å²) in [5.74, 6) is 2.33. The molecule has 0 saturated carbocycles. The summed E-state index contributed by atoms with van der Waals surface area (Å²) in [5.41, 5.74) is 2.99. The number of nitrogens with zero attached hydrogens (tertiary/aromatic N) is 2. The molecule has 2 aromatic heterocycles. The quantitative estimate of drug-likeness (QED) is 0.681. The lowest BCUT2D eigenvalue weighted by Gasteiger charge is -2.19. The minimum absolute atomic E-state index is 0.140. The monoisotopic (exact) mass is 383 g/mol. The molecule has 3 N–H and O–H groups in total.